The van der Waals surface area contributed by atoms with Gasteiger partial charge in [-0.05, 0) is 36.8 Å². The van der Waals surface area contributed by atoms with Crippen LogP contribution in [-0.4, -0.2) is 4.57 Å². The molecular formula is C21H14Cl2N2. The molecule has 3 aromatic rings. The summed E-state index contributed by atoms with van der Waals surface area (Å²) < 4.78 is 2.07. The second kappa shape index (κ2) is 7.08. The molecule has 0 N–H and O–H groups in total. The number of para-hydroxylation sites is 1. The number of hydrogen-bond acceptors (Lipinski definition) is 1. The Balaban J connectivity index is 2.23. The molecule has 0 saturated carbocycles. The van der Waals surface area contributed by atoms with Crippen LogP contribution in [0.3, 0.4) is 0 Å². The molecule has 1 aromatic heterocycles. The van der Waals surface area contributed by atoms with Gasteiger partial charge in [-0.15, -0.1) is 6.42 Å². The molecule has 4 heteroatoms. The summed E-state index contributed by atoms with van der Waals surface area (Å²) in [4.78, 5) is 0. The maximum Gasteiger partial charge on any atom is 0.0998 e. The van der Waals surface area contributed by atoms with Crippen LogP contribution in [-0.2, 0) is 6.54 Å². The first-order valence-corrected chi connectivity index (χ1v) is 8.41. The second-order valence-electron chi connectivity index (χ2n) is 5.61. The highest BCUT2D eigenvalue weighted by Crippen LogP contribution is 2.31. The zero-order chi connectivity index (χ0) is 18.0. The molecule has 0 aliphatic carbocycles. The molecule has 0 saturated heterocycles. The van der Waals surface area contributed by atoms with E-state index in [1.807, 2.05) is 37.3 Å². The molecule has 25 heavy (non-hydrogen) atoms. The van der Waals surface area contributed by atoms with E-state index >= 15 is 0 Å². The molecule has 0 bridgehead atoms. The van der Waals surface area contributed by atoms with Crippen molar-refractivity contribution in [2.75, 3.05) is 0 Å². The summed E-state index contributed by atoms with van der Waals surface area (Å²) in [5.74, 6) is 2.69. The topological polar surface area (TPSA) is 28.7 Å². The van der Waals surface area contributed by atoms with Crippen molar-refractivity contribution in [1.82, 2.24) is 4.57 Å². The average Bonchev–Trinajstić information content (AvgIpc) is 2.88. The molecule has 0 aliphatic heterocycles. The standard InChI is InChI=1S/C21H14Cl2N2/c1-3-10-25-14(2)18(17-6-4-5-7-21(17)25)11-16(13-24)15-8-9-19(22)20(23)12-15/h1,4-9,11-12H,10H2,2H3/b16-11+. The fourth-order valence-corrected chi connectivity index (χ4v) is 3.22. The summed E-state index contributed by atoms with van der Waals surface area (Å²) in [6.07, 6.45) is 7.39. The van der Waals surface area contributed by atoms with Gasteiger partial charge in [0, 0.05) is 22.2 Å². The fraction of sp³-hybridized carbons (Fsp3) is 0.0952. The number of hydrogen-bond donors (Lipinski definition) is 0. The molecule has 0 aliphatic rings. The van der Waals surface area contributed by atoms with E-state index in [9.17, 15) is 5.26 Å². The van der Waals surface area contributed by atoms with Gasteiger partial charge in [-0.25, -0.2) is 0 Å². The van der Waals surface area contributed by atoms with Crippen molar-refractivity contribution in [3.63, 3.8) is 0 Å². The van der Waals surface area contributed by atoms with E-state index in [1.54, 1.807) is 18.2 Å². The molecule has 1 heterocycles. The van der Waals surface area contributed by atoms with E-state index in [4.69, 9.17) is 29.6 Å². The van der Waals surface area contributed by atoms with E-state index < -0.39 is 0 Å². The molecule has 3 rings (SSSR count). The Labute approximate surface area is 156 Å². The number of nitrogens with zero attached hydrogens (tertiary/aromatic N) is 2. The van der Waals surface area contributed by atoms with Crippen LogP contribution < -0.4 is 0 Å². The molecule has 0 unspecified atom stereocenters. The van der Waals surface area contributed by atoms with Gasteiger partial charge in [0.2, 0.25) is 0 Å². The first kappa shape index (κ1) is 17.2. The Morgan fingerprint density at radius 3 is 2.64 bits per heavy atom. The van der Waals surface area contributed by atoms with Gasteiger partial charge in [0.25, 0.3) is 0 Å². The van der Waals surface area contributed by atoms with Crippen molar-refractivity contribution in [3.05, 3.63) is 69.3 Å². The van der Waals surface area contributed by atoms with Crippen LogP contribution in [0.1, 0.15) is 16.8 Å². The van der Waals surface area contributed by atoms with Crippen LogP contribution in [0.15, 0.2) is 42.5 Å². The van der Waals surface area contributed by atoms with Crippen LogP contribution in [0.4, 0.5) is 0 Å². The van der Waals surface area contributed by atoms with Gasteiger partial charge in [0.15, 0.2) is 0 Å². The van der Waals surface area contributed by atoms with Crippen molar-refractivity contribution in [3.8, 4) is 18.4 Å². The highest BCUT2D eigenvalue weighted by molar-refractivity contribution is 6.42. The first-order chi connectivity index (χ1) is 12.1. The number of benzene rings is 2. The maximum absolute atomic E-state index is 9.64. The molecule has 0 radical (unpaired) electrons. The van der Waals surface area contributed by atoms with Crippen molar-refractivity contribution >= 4 is 45.8 Å². The molecule has 0 fully saturated rings. The molecule has 2 aromatic carbocycles. The SMILES string of the molecule is C#CCn1c(C)c(/C=C(\C#N)c2ccc(Cl)c(Cl)c2)c2ccccc21. The Hall–Kier alpha value is -2.65. The third kappa shape index (κ3) is 3.15. The van der Waals surface area contributed by atoms with Gasteiger partial charge in [0.05, 0.1) is 28.2 Å². The van der Waals surface area contributed by atoms with E-state index in [2.05, 4.69) is 16.6 Å². The first-order valence-electron chi connectivity index (χ1n) is 7.65. The monoisotopic (exact) mass is 364 g/mol. The maximum atomic E-state index is 9.64. The molecule has 2 nitrogen and oxygen atoms in total. The quantitative estimate of drug-likeness (QED) is 0.416. The minimum atomic E-state index is 0.423. The minimum absolute atomic E-state index is 0.423. The summed E-state index contributed by atoms with van der Waals surface area (Å²) in [5.41, 5.74) is 4.30. The largest absolute Gasteiger partial charge is 0.333 e. The third-order valence-electron chi connectivity index (χ3n) is 4.17. The number of rotatable bonds is 3. The van der Waals surface area contributed by atoms with Crippen molar-refractivity contribution < 1.29 is 0 Å². The summed E-state index contributed by atoms with van der Waals surface area (Å²) in [5, 5.41) is 11.6. The molecular weight excluding hydrogens is 351 g/mol. The van der Waals surface area contributed by atoms with E-state index in [-0.39, 0.29) is 0 Å². The van der Waals surface area contributed by atoms with Gasteiger partial charge in [-0.3, -0.25) is 0 Å². The number of nitriles is 1. The van der Waals surface area contributed by atoms with Crippen LogP contribution in [0.2, 0.25) is 10.0 Å². The van der Waals surface area contributed by atoms with Gasteiger partial charge in [-0.1, -0.05) is 53.4 Å². The summed E-state index contributed by atoms with van der Waals surface area (Å²) >= 11 is 12.1. The lowest BCUT2D eigenvalue weighted by atomic mass is 10.0. The number of allylic oxidation sites excluding steroid dienone is 1. The number of halogens is 2. The van der Waals surface area contributed by atoms with Crippen LogP contribution in [0.5, 0.6) is 0 Å². The summed E-state index contributed by atoms with van der Waals surface area (Å²) in [7, 11) is 0. The van der Waals surface area contributed by atoms with Crippen molar-refractivity contribution in [1.29, 1.82) is 5.26 Å². The third-order valence-corrected chi connectivity index (χ3v) is 4.91. The Morgan fingerprint density at radius 1 is 1.20 bits per heavy atom. The van der Waals surface area contributed by atoms with E-state index in [0.29, 0.717) is 22.2 Å². The summed E-state index contributed by atoms with van der Waals surface area (Å²) in [6, 6.07) is 15.5. The number of aromatic nitrogens is 1. The van der Waals surface area contributed by atoms with Gasteiger partial charge >= 0.3 is 0 Å². The molecule has 0 spiro atoms. The van der Waals surface area contributed by atoms with E-state index in [0.717, 1.165) is 27.7 Å². The van der Waals surface area contributed by atoms with Gasteiger partial charge in [0.1, 0.15) is 0 Å². The fourth-order valence-electron chi connectivity index (χ4n) is 2.92. The average molecular weight is 365 g/mol. The Bertz CT molecular complexity index is 1080. The smallest absolute Gasteiger partial charge is 0.0998 e. The summed E-state index contributed by atoms with van der Waals surface area (Å²) in [6.45, 7) is 2.49. The lowest BCUT2D eigenvalue weighted by molar-refractivity contribution is 0.846. The van der Waals surface area contributed by atoms with Crippen LogP contribution in [0.25, 0.3) is 22.6 Å². The second-order valence-corrected chi connectivity index (χ2v) is 6.42. The lowest BCUT2D eigenvalue weighted by Gasteiger charge is -2.04. The molecule has 122 valence electrons. The number of terminal acetylenes is 1. The van der Waals surface area contributed by atoms with Gasteiger partial charge < -0.3 is 4.57 Å². The van der Waals surface area contributed by atoms with Crippen molar-refractivity contribution in [2.24, 2.45) is 0 Å². The highest BCUT2D eigenvalue weighted by Gasteiger charge is 2.13. The van der Waals surface area contributed by atoms with Crippen LogP contribution >= 0.6 is 23.2 Å². The normalized spacial score (nSPS) is 11.3. The number of fused-ring (bicyclic) bond motifs is 1. The molecule has 0 atom stereocenters. The predicted molar refractivity (Wildman–Crippen MR) is 105 cm³/mol. The van der Waals surface area contributed by atoms with Crippen LogP contribution in [0, 0.1) is 30.6 Å². The lowest BCUT2D eigenvalue weighted by Crippen LogP contribution is -1.97. The van der Waals surface area contributed by atoms with Crippen molar-refractivity contribution in [2.45, 2.75) is 13.5 Å². The predicted octanol–water partition coefficient (Wildman–Crippen LogP) is 5.95. The zero-order valence-electron chi connectivity index (χ0n) is 13.6. The zero-order valence-corrected chi connectivity index (χ0v) is 15.1. The van der Waals surface area contributed by atoms with Gasteiger partial charge in [-0.2, -0.15) is 5.26 Å². The Morgan fingerprint density at radius 2 is 1.96 bits per heavy atom. The van der Waals surface area contributed by atoms with E-state index in [1.165, 1.54) is 0 Å². The molecule has 0 amide bonds. The minimum Gasteiger partial charge on any atom is -0.333 e. The Kier molecular flexibility index (Phi) is 4.86. The highest BCUT2D eigenvalue weighted by atomic mass is 35.5.